The Morgan fingerprint density at radius 1 is 0.833 bits per heavy atom. The summed E-state index contributed by atoms with van der Waals surface area (Å²) in [5.41, 5.74) is 2.14. The van der Waals surface area contributed by atoms with E-state index in [1.54, 1.807) is 12.1 Å². The van der Waals surface area contributed by atoms with Gasteiger partial charge in [0.05, 0.1) is 0 Å². The number of unbranched alkanes of at least 4 members (excludes halogenated alkanes) is 15. The van der Waals surface area contributed by atoms with E-state index in [1.807, 2.05) is 12.3 Å². The van der Waals surface area contributed by atoms with Crippen molar-refractivity contribution in [3.05, 3.63) is 42.1 Å². The summed E-state index contributed by atoms with van der Waals surface area (Å²) in [5, 5.41) is 13.8. The average molecular weight is 497 g/mol. The number of benzene rings is 1. The van der Waals surface area contributed by atoms with Crippen LogP contribution in [0, 0.1) is 0 Å². The molecule has 202 valence electrons. The van der Waals surface area contributed by atoms with E-state index in [0.717, 1.165) is 35.7 Å². The quantitative estimate of drug-likeness (QED) is 0.112. The third-order valence-electron chi connectivity index (χ3n) is 7.13. The maximum atomic E-state index is 12.1. The van der Waals surface area contributed by atoms with Crippen LogP contribution >= 0.6 is 0 Å². The van der Waals surface area contributed by atoms with E-state index in [9.17, 15) is 9.90 Å². The third-order valence-corrected chi connectivity index (χ3v) is 7.13. The third kappa shape index (κ3) is 13.8. The normalized spacial score (nSPS) is 11.6. The van der Waals surface area contributed by atoms with E-state index in [0.29, 0.717) is 13.0 Å². The molecule has 0 spiro atoms. The van der Waals surface area contributed by atoms with Gasteiger partial charge in [0.1, 0.15) is 5.75 Å². The lowest BCUT2D eigenvalue weighted by Gasteiger charge is -2.05. The largest absolute Gasteiger partial charge is 0.508 e. The molecule has 0 aliphatic carbocycles. The summed E-state index contributed by atoms with van der Waals surface area (Å²) >= 11 is 0. The molecule has 4 nitrogen and oxygen atoms in total. The topological polar surface area (TPSA) is 65.1 Å². The zero-order chi connectivity index (χ0) is 25.7. The van der Waals surface area contributed by atoms with Crippen LogP contribution in [0.2, 0.25) is 0 Å². The number of aromatic nitrogens is 1. The number of aromatic amines is 1. The molecule has 2 rings (SSSR count). The first-order chi connectivity index (χ1) is 17.7. The molecule has 0 saturated heterocycles. The average Bonchev–Trinajstić information content (AvgIpc) is 3.27. The minimum absolute atomic E-state index is 0.152. The summed E-state index contributed by atoms with van der Waals surface area (Å²) in [6.07, 6.45) is 30.4. The Labute approximate surface area is 220 Å². The lowest BCUT2D eigenvalue weighted by atomic mass is 10.1. The van der Waals surface area contributed by atoms with Crippen LogP contribution in [0.3, 0.4) is 0 Å². The summed E-state index contributed by atoms with van der Waals surface area (Å²) in [7, 11) is 0. The smallest absolute Gasteiger partial charge is 0.220 e. The van der Waals surface area contributed by atoms with E-state index >= 15 is 0 Å². The van der Waals surface area contributed by atoms with Gasteiger partial charge in [-0.3, -0.25) is 4.79 Å². The lowest BCUT2D eigenvalue weighted by molar-refractivity contribution is -0.121. The number of carbonyl (C=O) groups is 1. The molecule has 0 bridgehead atoms. The highest BCUT2D eigenvalue weighted by Crippen LogP contribution is 2.23. The molecule has 0 aliphatic rings. The van der Waals surface area contributed by atoms with Crippen LogP contribution in [0.1, 0.15) is 128 Å². The first kappa shape index (κ1) is 30.0. The molecular weight excluding hydrogens is 444 g/mol. The molecule has 3 N–H and O–H groups in total. The van der Waals surface area contributed by atoms with Crippen LogP contribution in [0.15, 0.2) is 36.5 Å². The number of allylic oxidation sites excluding steroid dienone is 2. The first-order valence-electron chi connectivity index (χ1n) is 14.9. The van der Waals surface area contributed by atoms with Gasteiger partial charge in [-0.05, 0) is 62.3 Å². The number of rotatable bonds is 22. The van der Waals surface area contributed by atoms with Crippen LogP contribution in [0.4, 0.5) is 0 Å². The number of hydrogen-bond donors (Lipinski definition) is 3. The lowest BCUT2D eigenvalue weighted by Crippen LogP contribution is -2.25. The monoisotopic (exact) mass is 496 g/mol. The molecule has 1 heterocycles. The SMILES string of the molecule is CCCCCCCCC=CCCCCCCCCCCCC(=O)NCCc1c[nH]c2ccc(O)cc12. The Morgan fingerprint density at radius 2 is 1.42 bits per heavy atom. The summed E-state index contributed by atoms with van der Waals surface area (Å²) in [6, 6.07) is 5.34. The molecule has 0 saturated carbocycles. The highest BCUT2D eigenvalue weighted by Gasteiger charge is 2.06. The van der Waals surface area contributed by atoms with Crippen molar-refractivity contribution in [3.63, 3.8) is 0 Å². The van der Waals surface area contributed by atoms with E-state index in [4.69, 9.17) is 0 Å². The maximum absolute atomic E-state index is 12.1. The van der Waals surface area contributed by atoms with Crippen LogP contribution in [0.5, 0.6) is 5.75 Å². The van der Waals surface area contributed by atoms with Crippen molar-refractivity contribution in [3.8, 4) is 5.75 Å². The van der Waals surface area contributed by atoms with Gasteiger partial charge in [0.15, 0.2) is 0 Å². The Bertz CT molecular complexity index is 855. The second-order valence-corrected chi connectivity index (χ2v) is 10.4. The Balaban J connectivity index is 1.32. The van der Waals surface area contributed by atoms with Crippen LogP contribution in [0.25, 0.3) is 10.9 Å². The summed E-state index contributed by atoms with van der Waals surface area (Å²) in [6.45, 7) is 2.91. The van der Waals surface area contributed by atoms with Crippen molar-refractivity contribution in [2.45, 2.75) is 129 Å². The fourth-order valence-electron chi connectivity index (χ4n) is 4.86. The standard InChI is InChI=1S/C32H52N2O2/c1-2-3-4-5-6-7-8-9-10-11-12-13-14-15-16-17-18-19-20-21-32(36)33-25-24-28-27-34-31-23-22-29(35)26-30(28)31/h9-10,22-23,26-27,34-35H,2-8,11-21,24-25H2,1H3,(H,33,36). The zero-order valence-corrected chi connectivity index (χ0v) is 23.0. The molecule has 1 amide bonds. The van der Waals surface area contributed by atoms with Gasteiger partial charge in [-0.25, -0.2) is 0 Å². The number of carbonyl (C=O) groups excluding carboxylic acids is 1. The van der Waals surface area contributed by atoms with Gasteiger partial charge in [-0.15, -0.1) is 0 Å². The number of phenolic OH excluding ortho intramolecular Hbond substituents is 1. The fourth-order valence-corrected chi connectivity index (χ4v) is 4.86. The van der Waals surface area contributed by atoms with Crippen molar-refractivity contribution in [2.75, 3.05) is 6.54 Å². The van der Waals surface area contributed by atoms with Gasteiger partial charge in [0, 0.05) is 30.1 Å². The van der Waals surface area contributed by atoms with Crippen molar-refractivity contribution in [2.24, 2.45) is 0 Å². The number of aromatic hydroxyl groups is 1. The van der Waals surface area contributed by atoms with Gasteiger partial charge in [0.25, 0.3) is 0 Å². The maximum Gasteiger partial charge on any atom is 0.220 e. The fraction of sp³-hybridized carbons (Fsp3) is 0.656. The second-order valence-electron chi connectivity index (χ2n) is 10.4. The predicted octanol–water partition coefficient (Wildman–Crippen LogP) is 9.13. The van der Waals surface area contributed by atoms with Gasteiger partial charge >= 0.3 is 0 Å². The molecule has 2 aromatic rings. The second kappa shape index (κ2) is 19.9. The van der Waals surface area contributed by atoms with Crippen molar-refractivity contribution < 1.29 is 9.90 Å². The van der Waals surface area contributed by atoms with Crippen molar-refractivity contribution >= 4 is 16.8 Å². The summed E-state index contributed by atoms with van der Waals surface area (Å²) in [5.74, 6) is 0.424. The number of hydrogen-bond acceptors (Lipinski definition) is 2. The van der Waals surface area contributed by atoms with E-state index in [1.165, 1.54) is 96.3 Å². The van der Waals surface area contributed by atoms with E-state index in [-0.39, 0.29) is 11.7 Å². The highest BCUT2D eigenvalue weighted by atomic mass is 16.3. The van der Waals surface area contributed by atoms with E-state index < -0.39 is 0 Å². The van der Waals surface area contributed by atoms with Crippen molar-refractivity contribution in [1.29, 1.82) is 0 Å². The number of fused-ring (bicyclic) bond motifs is 1. The molecule has 36 heavy (non-hydrogen) atoms. The first-order valence-corrected chi connectivity index (χ1v) is 14.9. The number of phenols is 1. The molecule has 1 aromatic carbocycles. The van der Waals surface area contributed by atoms with Gasteiger partial charge in [-0.1, -0.05) is 96.1 Å². The summed E-state index contributed by atoms with van der Waals surface area (Å²) < 4.78 is 0. The molecule has 0 radical (unpaired) electrons. The number of nitrogens with one attached hydrogen (secondary N) is 2. The molecule has 0 atom stereocenters. The van der Waals surface area contributed by atoms with Crippen LogP contribution in [-0.4, -0.2) is 22.5 Å². The summed E-state index contributed by atoms with van der Waals surface area (Å²) in [4.78, 5) is 15.3. The van der Waals surface area contributed by atoms with Gasteiger partial charge < -0.3 is 15.4 Å². The molecule has 0 aliphatic heterocycles. The van der Waals surface area contributed by atoms with Gasteiger partial charge in [0.2, 0.25) is 5.91 Å². The number of H-pyrrole nitrogens is 1. The molecular formula is C32H52N2O2. The predicted molar refractivity (Wildman–Crippen MR) is 155 cm³/mol. The van der Waals surface area contributed by atoms with E-state index in [2.05, 4.69) is 29.4 Å². The van der Waals surface area contributed by atoms with Crippen LogP contribution < -0.4 is 5.32 Å². The Morgan fingerprint density at radius 3 is 2.06 bits per heavy atom. The zero-order valence-electron chi connectivity index (χ0n) is 23.0. The minimum Gasteiger partial charge on any atom is -0.508 e. The molecule has 4 heteroatoms. The molecule has 0 fully saturated rings. The minimum atomic E-state index is 0.152. The number of amides is 1. The Kier molecular flexibility index (Phi) is 16.6. The molecule has 1 aromatic heterocycles. The Hall–Kier alpha value is -2.23. The van der Waals surface area contributed by atoms with Crippen molar-refractivity contribution in [1.82, 2.24) is 10.3 Å². The van der Waals surface area contributed by atoms with Crippen LogP contribution in [-0.2, 0) is 11.2 Å². The highest BCUT2D eigenvalue weighted by molar-refractivity contribution is 5.84. The van der Waals surface area contributed by atoms with Gasteiger partial charge in [-0.2, -0.15) is 0 Å². The molecule has 0 unspecified atom stereocenters.